The standard InChI is InChI=1S/C19H19N3O2/c1-19(2)12-9-8-11(10-14(12)22(3)18(19)23)17-20-13-6-5-7-15(24-4)16(13)21-17/h5-10H,1-4H3,(H,20,21). The Morgan fingerprint density at radius 3 is 2.75 bits per heavy atom. The molecule has 0 saturated carbocycles. The molecule has 0 radical (unpaired) electrons. The van der Waals surface area contributed by atoms with Gasteiger partial charge in [-0.25, -0.2) is 4.98 Å². The first kappa shape index (κ1) is 14.8. The number of carbonyl (C=O) groups is 1. The van der Waals surface area contributed by atoms with Crippen molar-refractivity contribution in [3.8, 4) is 17.1 Å². The molecule has 0 saturated heterocycles. The number of likely N-dealkylation sites (N-methyl/N-ethyl adjacent to an activating group) is 1. The van der Waals surface area contributed by atoms with Crippen molar-refractivity contribution in [2.75, 3.05) is 19.1 Å². The van der Waals surface area contributed by atoms with E-state index in [0.29, 0.717) is 0 Å². The Labute approximate surface area is 140 Å². The number of H-pyrrole nitrogens is 1. The molecule has 1 N–H and O–H groups in total. The molecule has 1 aliphatic rings. The molecule has 3 aromatic rings. The Hall–Kier alpha value is -2.82. The summed E-state index contributed by atoms with van der Waals surface area (Å²) in [4.78, 5) is 22.2. The van der Waals surface area contributed by atoms with Gasteiger partial charge in [0.1, 0.15) is 17.1 Å². The highest BCUT2D eigenvalue weighted by Gasteiger charge is 2.42. The predicted molar refractivity (Wildman–Crippen MR) is 94.5 cm³/mol. The largest absolute Gasteiger partial charge is 0.494 e. The van der Waals surface area contributed by atoms with Gasteiger partial charge in [0.05, 0.1) is 18.0 Å². The van der Waals surface area contributed by atoms with Crippen LogP contribution in [0, 0.1) is 0 Å². The van der Waals surface area contributed by atoms with E-state index in [1.165, 1.54) is 0 Å². The van der Waals surface area contributed by atoms with Crippen LogP contribution in [0.3, 0.4) is 0 Å². The lowest BCUT2D eigenvalue weighted by molar-refractivity contribution is -0.121. The van der Waals surface area contributed by atoms with Gasteiger partial charge in [0, 0.05) is 18.3 Å². The van der Waals surface area contributed by atoms with Crippen molar-refractivity contribution >= 4 is 22.6 Å². The fourth-order valence-electron chi connectivity index (χ4n) is 3.44. The second kappa shape index (κ2) is 4.84. The first-order chi connectivity index (χ1) is 11.4. The summed E-state index contributed by atoms with van der Waals surface area (Å²) in [6.45, 7) is 3.92. The number of anilines is 1. The van der Waals surface area contributed by atoms with Crippen molar-refractivity contribution < 1.29 is 9.53 Å². The molecule has 1 aliphatic heterocycles. The molecule has 0 atom stereocenters. The van der Waals surface area contributed by atoms with Crippen LogP contribution in [0.2, 0.25) is 0 Å². The molecule has 1 aromatic heterocycles. The fraction of sp³-hybridized carbons (Fsp3) is 0.263. The van der Waals surface area contributed by atoms with Gasteiger partial charge in [-0.2, -0.15) is 0 Å². The number of nitrogens with zero attached hydrogens (tertiary/aromatic N) is 2. The summed E-state index contributed by atoms with van der Waals surface area (Å²) < 4.78 is 5.37. The Morgan fingerprint density at radius 2 is 2.00 bits per heavy atom. The van der Waals surface area contributed by atoms with E-state index in [1.807, 2.05) is 57.3 Å². The smallest absolute Gasteiger partial charge is 0.236 e. The number of hydrogen-bond acceptors (Lipinski definition) is 3. The second-order valence-corrected chi connectivity index (χ2v) is 6.66. The van der Waals surface area contributed by atoms with Crippen LogP contribution in [0.5, 0.6) is 5.75 Å². The third-order valence-electron chi connectivity index (χ3n) is 4.84. The maximum absolute atomic E-state index is 12.4. The summed E-state index contributed by atoms with van der Waals surface area (Å²) in [6.07, 6.45) is 0. The van der Waals surface area contributed by atoms with Crippen molar-refractivity contribution in [2.24, 2.45) is 0 Å². The van der Waals surface area contributed by atoms with Gasteiger partial charge >= 0.3 is 0 Å². The lowest BCUT2D eigenvalue weighted by Gasteiger charge is -2.16. The van der Waals surface area contributed by atoms with Crippen molar-refractivity contribution in [1.29, 1.82) is 0 Å². The van der Waals surface area contributed by atoms with E-state index < -0.39 is 5.41 Å². The van der Waals surface area contributed by atoms with E-state index in [-0.39, 0.29) is 5.91 Å². The Morgan fingerprint density at radius 1 is 1.21 bits per heavy atom. The van der Waals surface area contributed by atoms with Crippen LogP contribution >= 0.6 is 0 Å². The lowest BCUT2D eigenvalue weighted by Crippen LogP contribution is -2.33. The molecule has 0 aliphatic carbocycles. The highest BCUT2D eigenvalue weighted by molar-refractivity contribution is 6.07. The third kappa shape index (κ3) is 1.87. The van der Waals surface area contributed by atoms with Crippen LogP contribution < -0.4 is 9.64 Å². The van der Waals surface area contributed by atoms with Gasteiger partial charge in [0.25, 0.3) is 0 Å². The first-order valence-electron chi connectivity index (χ1n) is 7.89. The van der Waals surface area contributed by atoms with E-state index in [2.05, 4.69) is 9.97 Å². The number of methoxy groups -OCH3 is 1. The fourth-order valence-corrected chi connectivity index (χ4v) is 3.44. The minimum Gasteiger partial charge on any atom is -0.494 e. The molecule has 0 spiro atoms. The highest BCUT2D eigenvalue weighted by Crippen LogP contribution is 2.42. The summed E-state index contributed by atoms with van der Waals surface area (Å²) in [5, 5.41) is 0. The van der Waals surface area contributed by atoms with E-state index in [1.54, 1.807) is 12.0 Å². The summed E-state index contributed by atoms with van der Waals surface area (Å²) >= 11 is 0. The monoisotopic (exact) mass is 321 g/mol. The molecule has 0 fully saturated rings. The molecule has 0 bridgehead atoms. The molecular weight excluding hydrogens is 302 g/mol. The van der Waals surface area contributed by atoms with Crippen LogP contribution in [-0.2, 0) is 10.2 Å². The number of fused-ring (bicyclic) bond motifs is 2. The molecule has 2 heterocycles. The molecule has 24 heavy (non-hydrogen) atoms. The number of aromatic amines is 1. The molecule has 122 valence electrons. The number of imidazole rings is 1. The Balaban J connectivity index is 1.86. The molecule has 1 amide bonds. The van der Waals surface area contributed by atoms with Gasteiger partial charge in [-0.15, -0.1) is 0 Å². The van der Waals surface area contributed by atoms with Gasteiger partial charge in [-0.05, 0) is 37.6 Å². The number of rotatable bonds is 2. The lowest BCUT2D eigenvalue weighted by atomic mass is 9.86. The number of nitrogens with one attached hydrogen (secondary N) is 1. The maximum Gasteiger partial charge on any atom is 0.236 e. The third-order valence-corrected chi connectivity index (χ3v) is 4.84. The summed E-state index contributed by atoms with van der Waals surface area (Å²) in [5.74, 6) is 1.62. The molecule has 0 unspecified atom stereocenters. The number of hydrogen-bond donors (Lipinski definition) is 1. The van der Waals surface area contributed by atoms with Gasteiger partial charge in [-0.3, -0.25) is 4.79 Å². The number of amides is 1. The number of carbonyl (C=O) groups excluding carboxylic acids is 1. The molecular formula is C19H19N3O2. The van der Waals surface area contributed by atoms with Crippen molar-refractivity contribution in [3.63, 3.8) is 0 Å². The number of aromatic nitrogens is 2. The number of ether oxygens (including phenoxy) is 1. The first-order valence-corrected chi connectivity index (χ1v) is 7.89. The summed E-state index contributed by atoms with van der Waals surface area (Å²) in [5.41, 5.74) is 4.18. The minimum absolute atomic E-state index is 0.112. The number of para-hydroxylation sites is 1. The quantitative estimate of drug-likeness (QED) is 0.786. The van der Waals surface area contributed by atoms with Crippen molar-refractivity contribution in [1.82, 2.24) is 9.97 Å². The van der Waals surface area contributed by atoms with Gasteiger partial charge < -0.3 is 14.6 Å². The maximum atomic E-state index is 12.4. The molecule has 5 nitrogen and oxygen atoms in total. The van der Waals surface area contributed by atoms with E-state index >= 15 is 0 Å². The van der Waals surface area contributed by atoms with E-state index in [4.69, 9.17) is 4.74 Å². The summed E-state index contributed by atoms with van der Waals surface area (Å²) in [7, 11) is 3.46. The van der Waals surface area contributed by atoms with Crippen LogP contribution in [0.25, 0.3) is 22.4 Å². The topological polar surface area (TPSA) is 58.2 Å². The van der Waals surface area contributed by atoms with Crippen LogP contribution in [0.4, 0.5) is 5.69 Å². The van der Waals surface area contributed by atoms with Crippen LogP contribution in [-0.4, -0.2) is 30.0 Å². The van der Waals surface area contributed by atoms with Crippen LogP contribution in [0.1, 0.15) is 19.4 Å². The average molecular weight is 321 g/mol. The van der Waals surface area contributed by atoms with Gasteiger partial charge in [-0.1, -0.05) is 18.2 Å². The molecule has 2 aromatic carbocycles. The zero-order valence-electron chi connectivity index (χ0n) is 14.2. The predicted octanol–water partition coefficient (Wildman–Crippen LogP) is 3.49. The number of benzene rings is 2. The van der Waals surface area contributed by atoms with Gasteiger partial charge in [0.2, 0.25) is 5.91 Å². The second-order valence-electron chi connectivity index (χ2n) is 6.66. The van der Waals surface area contributed by atoms with Crippen LogP contribution in [0.15, 0.2) is 36.4 Å². The molecule has 4 rings (SSSR count). The van der Waals surface area contributed by atoms with E-state index in [9.17, 15) is 4.79 Å². The molecule has 5 heteroatoms. The van der Waals surface area contributed by atoms with Gasteiger partial charge in [0.15, 0.2) is 0 Å². The van der Waals surface area contributed by atoms with Crippen molar-refractivity contribution in [2.45, 2.75) is 19.3 Å². The normalized spacial score (nSPS) is 15.8. The average Bonchev–Trinajstić information content (AvgIpc) is 3.09. The zero-order chi connectivity index (χ0) is 17.1. The highest BCUT2D eigenvalue weighted by atomic mass is 16.5. The zero-order valence-corrected chi connectivity index (χ0v) is 14.2. The van der Waals surface area contributed by atoms with Crippen molar-refractivity contribution in [3.05, 3.63) is 42.0 Å². The summed E-state index contributed by atoms with van der Waals surface area (Å²) in [6, 6.07) is 11.9. The SMILES string of the molecule is COc1cccc2[nH]c(-c3ccc4c(c3)N(C)C(=O)C4(C)C)nc12. The minimum atomic E-state index is -0.486. The Bertz CT molecular complexity index is 972. The Kier molecular flexibility index (Phi) is 2.97. The van der Waals surface area contributed by atoms with E-state index in [0.717, 1.165) is 39.4 Å².